The van der Waals surface area contributed by atoms with Gasteiger partial charge in [-0.2, -0.15) is 0 Å². The fourth-order valence-electron chi connectivity index (χ4n) is 18.4. The predicted molar refractivity (Wildman–Crippen MR) is 387 cm³/mol. The molecule has 1 spiro atoms. The largest absolute Gasteiger partial charge is 0.355 e. The zero-order valence-electron chi connectivity index (χ0n) is 52.0. The van der Waals surface area contributed by atoms with Gasteiger partial charge >= 0.3 is 0 Å². The molecule has 448 valence electrons. The Morgan fingerprint density at radius 1 is 0.389 bits per heavy atom. The maximum atomic E-state index is 5.41. The number of rotatable bonds is 7. The molecule has 0 bridgehead atoms. The highest BCUT2D eigenvalue weighted by molar-refractivity contribution is 6.15. The van der Waals surface area contributed by atoms with Gasteiger partial charge in [0.25, 0.3) is 0 Å². The topological polar surface area (TPSA) is 55.0 Å². The lowest BCUT2D eigenvalue weighted by Gasteiger charge is -2.37. The lowest BCUT2D eigenvalue weighted by molar-refractivity contribution is 0.493. The van der Waals surface area contributed by atoms with Crippen molar-refractivity contribution in [3.63, 3.8) is 0 Å². The third-order valence-electron chi connectivity index (χ3n) is 22.2. The smallest absolute Gasteiger partial charge is 0.164 e. The zero-order chi connectivity index (χ0) is 62.0. The third-order valence-corrected chi connectivity index (χ3v) is 22.2. The van der Waals surface area contributed by atoms with Crippen molar-refractivity contribution < 1.29 is 0 Å². The van der Waals surface area contributed by atoms with E-state index in [0.717, 1.165) is 35.2 Å². The van der Waals surface area contributed by atoms with Crippen LogP contribution in [0.4, 0.5) is 17.1 Å². The molecule has 0 saturated carbocycles. The van der Waals surface area contributed by atoms with Crippen LogP contribution in [0, 0.1) is 11.8 Å². The van der Waals surface area contributed by atoms with Gasteiger partial charge in [-0.15, -0.1) is 0 Å². The van der Waals surface area contributed by atoms with Gasteiger partial charge in [-0.25, -0.2) is 15.0 Å². The van der Waals surface area contributed by atoms with E-state index in [1.54, 1.807) is 0 Å². The van der Waals surface area contributed by atoms with Gasteiger partial charge < -0.3 is 18.9 Å². The first-order valence-electron chi connectivity index (χ1n) is 33.6. The SMILES string of the molecule is C1=CC2C3C=Cc4c(n(-c5ccccc5)c5ccccc45)C3N(c3ccc4c(c3)C3(c5ccccc5-c5ccc(-c6nc(-c7ccccc7)nc(-c7ccccc7)n6)cc53)c3cc(-n5c6ccccc6c6ccc7c(c65)N(c5ccccc5)C5C=CCCC75)ccc3-4)C2C=C1. The number of aromatic nitrogens is 5. The monoisotopic (exact) mass is 1220 g/mol. The summed E-state index contributed by atoms with van der Waals surface area (Å²) in [5, 5.41) is 3.78. The van der Waals surface area contributed by atoms with Gasteiger partial charge in [0.1, 0.15) is 0 Å². The van der Waals surface area contributed by atoms with Gasteiger partial charge in [-0.05, 0) is 130 Å². The molecule has 21 rings (SSSR count). The summed E-state index contributed by atoms with van der Waals surface area (Å²) < 4.78 is 5.19. The molecular formula is C88H61N7. The number of allylic oxidation sites excluding steroid dienone is 3. The van der Waals surface area contributed by atoms with Crippen molar-refractivity contribution in [2.24, 2.45) is 11.8 Å². The number of anilines is 3. The van der Waals surface area contributed by atoms with Crippen LogP contribution in [0.5, 0.6) is 0 Å². The van der Waals surface area contributed by atoms with E-state index in [2.05, 4.69) is 316 Å². The van der Waals surface area contributed by atoms with E-state index < -0.39 is 5.41 Å². The minimum Gasteiger partial charge on any atom is -0.355 e. The molecule has 95 heavy (non-hydrogen) atoms. The van der Waals surface area contributed by atoms with Crippen LogP contribution in [0.15, 0.2) is 303 Å². The molecular weight excluding hydrogens is 1160 g/mol. The molecule has 7 heteroatoms. The molecule has 3 aromatic heterocycles. The lowest BCUT2D eigenvalue weighted by Crippen LogP contribution is -2.35. The van der Waals surface area contributed by atoms with Gasteiger partial charge in [0.2, 0.25) is 0 Å². The van der Waals surface area contributed by atoms with E-state index >= 15 is 0 Å². The van der Waals surface area contributed by atoms with Crippen molar-refractivity contribution in [2.75, 3.05) is 9.80 Å². The maximum absolute atomic E-state index is 5.41. The van der Waals surface area contributed by atoms with Crippen molar-refractivity contribution >= 4 is 55.8 Å². The number of para-hydroxylation sites is 4. The summed E-state index contributed by atoms with van der Waals surface area (Å²) in [6.07, 6.45) is 21.5. The molecule has 1 saturated heterocycles. The van der Waals surface area contributed by atoms with E-state index in [9.17, 15) is 0 Å². The first-order chi connectivity index (χ1) is 47.2. The molecule has 14 aromatic rings. The Hall–Kier alpha value is -11.7. The highest BCUT2D eigenvalue weighted by atomic mass is 15.3. The Morgan fingerprint density at radius 3 is 1.71 bits per heavy atom. The van der Waals surface area contributed by atoms with Crippen molar-refractivity contribution in [1.29, 1.82) is 0 Å². The van der Waals surface area contributed by atoms with Gasteiger partial charge in [0.05, 0.1) is 51.5 Å². The Bertz CT molecular complexity index is 5620. The minimum atomic E-state index is -0.801. The molecule has 7 nitrogen and oxygen atoms in total. The van der Waals surface area contributed by atoms with Gasteiger partial charge in [-0.3, -0.25) is 0 Å². The van der Waals surface area contributed by atoms with Crippen LogP contribution in [0.2, 0.25) is 0 Å². The van der Waals surface area contributed by atoms with Crippen LogP contribution in [-0.4, -0.2) is 36.2 Å². The molecule has 2 aliphatic heterocycles. The molecule has 0 N–H and O–H groups in total. The number of benzene rings is 11. The molecule has 5 heterocycles. The van der Waals surface area contributed by atoms with Crippen molar-refractivity contribution in [3.8, 4) is 67.8 Å². The summed E-state index contributed by atoms with van der Waals surface area (Å²) >= 11 is 0. The van der Waals surface area contributed by atoms with Crippen molar-refractivity contribution in [2.45, 2.75) is 42.3 Å². The van der Waals surface area contributed by atoms with E-state index in [1.165, 1.54) is 117 Å². The quantitative estimate of drug-likeness (QED) is 0.149. The van der Waals surface area contributed by atoms with Crippen LogP contribution in [-0.2, 0) is 5.41 Å². The molecule has 0 amide bonds. The van der Waals surface area contributed by atoms with Crippen molar-refractivity contribution in [3.05, 3.63) is 342 Å². The minimum absolute atomic E-state index is 0.0115. The molecule has 0 radical (unpaired) electrons. The van der Waals surface area contributed by atoms with E-state index in [-0.39, 0.29) is 30.0 Å². The fourth-order valence-corrected chi connectivity index (χ4v) is 18.4. The number of fused-ring (bicyclic) bond motifs is 24. The van der Waals surface area contributed by atoms with Crippen LogP contribution in [0.25, 0.3) is 107 Å². The van der Waals surface area contributed by atoms with Gasteiger partial charge in [0, 0.05) is 78.9 Å². The zero-order valence-corrected chi connectivity index (χ0v) is 52.0. The summed E-state index contributed by atoms with van der Waals surface area (Å²) in [7, 11) is 0. The highest BCUT2D eigenvalue weighted by Crippen LogP contribution is 2.65. The van der Waals surface area contributed by atoms with Crippen molar-refractivity contribution in [1.82, 2.24) is 24.1 Å². The summed E-state index contributed by atoms with van der Waals surface area (Å²) in [6, 6.07) is 97.5. The van der Waals surface area contributed by atoms with E-state index in [1.807, 2.05) is 12.1 Å². The summed E-state index contributed by atoms with van der Waals surface area (Å²) in [5.74, 6) is 2.74. The second kappa shape index (κ2) is 20.2. The van der Waals surface area contributed by atoms with Crippen LogP contribution in [0.3, 0.4) is 0 Å². The summed E-state index contributed by atoms with van der Waals surface area (Å²) in [4.78, 5) is 21.5. The average Bonchev–Trinajstić information content (AvgIpc) is 1.51. The molecule has 5 aliphatic carbocycles. The second-order valence-corrected chi connectivity index (χ2v) is 26.7. The first-order valence-corrected chi connectivity index (χ1v) is 33.6. The number of hydrogen-bond acceptors (Lipinski definition) is 5. The number of hydrogen-bond donors (Lipinski definition) is 0. The van der Waals surface area contributed by atoms with Crippen LogP contribution < -0.4 is 9.80 Å². The second-order valence-electron chi connectivity index (χ2n) is 26.7. The standard InChI is InChI=1S/C88H61N7/c1-5-23-54(24-6-1)85-89-86(55-25-7-2-8-26-55)91-87(90-85)56-41-44-62-61-31-13-18-36-73(61)88(74(62)51-56)75-52-59(94-79-39-21-16-34-67(79)71-49-47-69-65-32-14-19-37-77(65)92(81(69)83(71)94)57-27-9-3-10-28-57)42-45-63(75)64-46-43-60(53-76(64)88)95-80-40-22-17-35-68(80)72-50-48-70-66-33-15-20-38-78(66)93(82(70)84(72)95)58-29-11-4-12-30-58/h1-14,16-32,34-53,66-67,71,78-79,83H,15,33H2. The van der Waals surface area contributed by atoms with E-state index in [0.29, 0.717) is 23.4 Å². The Kier molecular flexibility index (Phi) is 11.2. The highest BCUT2D eigenvalue weighted by Gasteiger charge is 2.55. The number of nitrogens with zero attached hydrogens (tertiary/aromatic N) is 7. The summed E-state index contributed by atoms with van der Waals surface area (Å²) in [6.45, 7) is 0. The third kappa shape index (κ3) is 7.38. The van der Waals surface area contributed by atoms with Gasteiger partial charge in [-0.1, -0.05) is 243 Å². The molecule has 7 aliphatic rings. The van der Waals surface area contributed by atoms with Crippen LogP contribution in [0.1, 0.15) is 63.9 Å². The normalized spacial score (nSPS) is 21.0. The summed E-state index contributed by atoms with van der Waals surface area (Å²) in [5.41, 5.74) is 25.7. The van der Waals surface area contributed by atoms with E-state index in [4.69, 9.17) is 15.0 Å². The molecule has 7 atom stereocenters. The predicted octanol–water partition coefficient (Wildman–Crippen LogP) is 20.5. The Labute approximate surface area is 550 Å². The molecule has 1 fully saturated rings. The maximum Gasteiger partial charge on any atom is 0.164 e. The Morgan fingerprint density at radius 2 is 0.968 bits per heavy atom. The van der Waals surface area contributed by atoms with Crippen LogP contribution >= 0.6 is 0 Å². The van der Waals surface area contributed by atoms with Gasteiger partial charge in [0.15, 0.2) is 17.5 Å². The first kappa shape index (κ1) is 52.9. The molecule has 11 aromatic carbocycles. The fraction of sp³-hybridized carbons (Fsp3) is 0.102. The average molecular weight is 1220 g/mol. The lowest BCUT2D eigenvalue weighted by atomic mass is 9.70. The Balaban J connectivity index is 0.836. The molecule has 7 unspecified atom stereocenters.